The summed E-state index contributed by atoms with van der Waals surface area (Å²) >= 11 is 0. The standard InChI is InChI=1S/C14H30N2O3/c1-12(10-16-5-7-18-8-6-16)15-9-13(17)11-19-14(2,3)4/h12-13,15,17H,5-11H2,1-4H3. The Kier molecular flexibility index (Phi) is 7.25. The van der Waals surface area contributed by atoms with Gasteiger partial charge in [-0.15, -0.1) is 0 Å². The van der Waals surface area contributed by atoms with Gasteiger partial charge in [0.15, 0.2) is 0 Å². The third-order valence-electron chi connectivity index (χ3n) is 3.05. The fourth-order valence-corrected chi connectivity index (χ4v) is 1.98. The van der Waals surface area contributed by atoms with E-state index in [2.05, 4.69) is 17.1 Å². The second-order valence-corrected chi connectivity index (χ2v) is 6.30. The fourth-order valence-electron chi connectivity index (χ4n) is 1.98. The van der Waals surface area contributed by atoms with Gasteiger partial charge in [0, 0.05) is 32.2 Å². The van der Waals surface area contributed by atoms with Crippen molar-refractivity contribution in [3.8, 4) is 0 Å². The molecule has 1 saturated heterocycles. The molecule has 1 rings (SSSR count). The first-order valence-electron chi connectivity index (χ1n) is 7.22. The Balaban J connectivity index is 2.09. The Morgan fingerprint density at radius 3 is 2.53 bits per heavy atom. The third-order valence-corrected chi connectivity index (χ3v) is 3.05. The molecule has 0 aliphatic carbocycles. The zero-order valence-electron chi connectivity index (χ0n) is 12.8. The van der Waals surface area contributed by atoms with Crippen LogP contribution in [-0.4, -0.2) is 73.8 Å². The molecule has 0 saturated carbocycles. The highest BCUT2D eigenvalue weighted by molar-refractivity contribution is 4.72. The van der Waals surface area contributed by atoms with Crippen molar-refractivity contribution in [3.05, 3.63) is 0 Å². The van der Waals surface area contributed by atoms with Crippen LogP contribution in [0.2, 0.25) is 0 Å². The molecule has 0 aromatic heterocycles. The van der Waals surface area contributed by atoms with E-state index in [1.54, 1.807) is 0 Å². The van der Waals surface area contributed by atoms with Gasteiger partial charge in [-0.05, 0) is 27.7 Å². The van der Waals surface area contributed by atoms with Gasteiger partial charge >= 0.3 is 0 Å². The Morgan fingerprint density at radius 2 is 1.95 bits per heavy atom. The average Bonchev–Trinajstić information content (AvgIpc) is 2.34. The van der Waals surface area contributed by atoms with Gasteiger partial charge in [0.2, 0.25) is 0 Å². The molecule has 0 radical (unpaired) electrons. The smallest absolute Gasteiger partial charge is 0.0898 e. The summed E-state index contributed by atoms with van der Waals surface area (Å²) in [7, 11) is 0. The number of rotatable bonds is 7. The first-order valence-corrected chi connectivity index (χ1v) is 7.22. The third kappa shape index (κ3) is 8.55. The topological polar surface area (TPSA) is 54.0 Å². The van der Waals surface area contributed by atoms with E-state index in [9.17, 15) is 5.11 Å². The SMILES string of the molecule is CC(CN1CCOCC1)NCC(O)COC(C)(C)C. The lowest BCUT2D eigenvalue weighted by atomic mass is 10.2. The van der Waals surface area contributed by atoms with Crippen LogP contribution < -0.4 is 5.32 Å². The Bertz CT molecular complexity index is 237. The molecule has 0 aromatic carbocycles. The van der Waals surface area contributed by atoms with Crippen molar-refractivity contribution in [2.45, 2.75) is 45.4 Å². The summed E-state index contributed by atoms with van der Waals surface area (Å²) in [5, 5.41) is 13.2. The number of ether oxygens (including phenoxy) is 2. The molecule has 1 aliphatic heterocycles. The van der Waals surface area contributed by atoms with Gasteiger partial charge < -0.3 is 19.9 Å². The van der Waals surface area contributed by atoms with Gasteiger partial charge in [-0.25, -0.2) is 0 Å². The Labute approximate surface area is 117 Å². The Hall–Kier alpha value is -0.200. The van der Waals surface area contributed by atoms with Crippen LogP contribution in [0.1, 0.15) is 27.7 Å². The number of morpholine rings is 1. The maximum Gasteiger partial charge on any atom is 0.0898 e. The quantitative estimate of drug-likeness (QED) is 0.707. The van der Waals surface area contributed by atoms with E-state index in [1.807, 2.05) is 20.8 Å². The van der Waals surface area contributed by atoms with Gasteiger partial charge in [-0.3, -0.25) is 4.90 Å². The van der Waals surface area contributed by atoms with E-state index in [1.165, 1.54) is 0 Å². The number of nitrogens with one attached hydrogen (secondary N) is 1. The lowest BCUT2D eigenvalue weighted by Crippen LogP contribution is -2.46. The van der Waals surface area contributed by atoms with Crippen molar-refractivity contribution in [1.82, 2.24) is 10.2 Å². The van der Waals surface area contributed by atoms with Gasteiger partial charge in [-0.2, -0.15) is 0 Å². The molecule has 0 spiro atoms. The van der Waals surface area contributed by atoms with E-state index in [0.717, 1.165) is 32.8 Å². The molecular formula is C14H30N2O3. The summed E-state index contributed by atoms with van der Waals surface area (Å²) < 4.78 is 10.9. The predicted molar refractivity (Wildman–Crippen MR) is 76.4 cm³/mol. The Morgan fingerprint density at radius 1 is 1.32 bits per heavy atom. The first kappa shape index (κ1) is 16.9. The lowest BCUT2D eigenvalue weighted by Gasteiger charge is -2.30. The summed E-state index contributed by atoms with van der Waals surface area (Å²) in [4.78, 5) is 2.39. The van der Waals surface area contributed by atoms with Crippen LogP contribution in [0.25, 0.3) is 0 Å². The summed E-state index contributed by atoms with van der Waals surface area (Å²) in [6.45, 7) is 13.7. The minimum absolute atomic E-state index is 0.194. The molecule has 1 aliphatic rings. The maximum atomic E-state index is 9.85. The number of aliphatic hydroxyl groups is 1. The molecule has 0 amide bonds. The molecule has 2 atom stereocenters. The molecule has 5 heteroatoms. The molecule has 114 valence electrons. The highest BCUT2D eigenvalue weighted by Gasteiger charge is 2.16. The van der Waals surface area contributed by atoms with Gasteiger partial charge in [-0.1, -0.05) is 0 Å². The van der Waals surface area contributed by atoms with Gasteiger partial charge in [0.05, 0.1) is 31.5 Å². The highest BCUT2D eigenvalue weighted by Crippen LogP contribution is 2.07. The van der Waals surface area contributed by atoms with Crippen molar-refractivity contribution in [2.24, 2.45) is 0 Å². The van der Waals surface area contributed by atoms with Crippen LogP contribution in [0.4, 0.5) is 0 Å². The molecule has 0 aromatic rings. The second kappa shape index (κ2) is 8.17. The predicted octanol–water partition coefficient (Wildman–Crippen LogP) is 0.473. The largest absolute Gasteiger partial charge is 0.389 e. The molecule has 19 heavy (non-hydrogen) atoms. The van der Waals surface area contributed by atoms with Gasteiger partial charge in [0.1, 0.15) is 0 Å². The minimum Gasteiger partial charge on any atom is -0.389 e. The number of aliphatic hydroxyl groups excluding tert-OH is 1. The first-order chi connectivity index (χ1) is 8.87. The summed E-state index contributed by atoms with van der Waals surface area (Å²) in [6, 6.07) is 0.363. The van der Waals surface area contributed by atoms with E-state index >= 15 is 0 Å². The zero-order chi connectivity index (χ0) is 14.3. The second-order valence-electron chi connectivity index (χ2n) is 6.30. The van der Waals surface area contributed by atoms with Crippen molar-refractivity contribution in [3.63, 3.8) is 0 Å². The minimum atomic E-state index is -0.452. The normalized spacial score (nSPS) is 21.3. The van der Waals surface area contributed by atoms with E-state index in [4.69, 9.17) is 9.47 Å². The summed E-state index contributed by atoms with van der Waals surface area (Å²) in [5.41, 5.74) is -0.194. The molecule has 5 nitrogen and oxygen atoms in total. The van der Waals surface area contributed by atoms with E-state index < -0.39 is 6.10 Å². The number of nitrogens with zero attached hydrogens (tertiary/aromatic N) is 1. The molecular weight excluding hydrogens is 244 g/mol. The van der Waals surface area contributed by atoms with Crippen LogP contribution >= 0.6 is 0 Å². The van der Waals surface area contributed by atoms with Crippen LogP contribution in [0, 0.1) is 0 Å². The number of hydrogen-bond acceptors (Lipinski definition) is 5. The molecule has 1 fully saturated rings. The fraction of sp³-hybridized carbons (Fsp3) is 1.00. The molecule has 0 bridgehead atoms. The van der Waals surface area contributed by atoms with Crippen molar-refractivity contribution in [2.75, 3.05) is 46.0 Å². The maximum absolute atomic E-state index is 9.85. The van der Waals surface area contributed by atoms with Crippen LogP contribution in [0.15, 0.2) is 0 Å². The lowest BCUT2D eigenvalue weighted by molar-refractivity contribution is -0.0485. The van der Waals surface area contributed by atoms with E-state index in [-0.39, 0.29) is 5.60 Å². The van der Waals surface area contributed by atoms with Gasteiger partial charge in [0.25, 0.3) is 0 Å². The monoisotopic (exact) mass is 274 g/mol. The number of hydrogen-bond donors (Lipinski definition) is 2. The van der Waals surface area contributed by atoms with Crippen LogP contribution in [0.3, 0.4) is 0 Å². The summed E-state index contributed by atoms with van der Waals surface area (Å²) in [6.07, 6.45) is -0.452. The van der Waals surface area contributed by atoms with Crippen molar-refractivity contribution < 1.29 is 14.6 Å². The zero-order valence-corrected chi connectivity index (χ0v) is 12.8. The van der Waals surface area contributed by atoms with Crippen LogP contribution in [0.5, 0.6) is 0 Å². The molecule has 2 unspecified atom stereocenters. The average molecular weight is 274 g/mol. The molecule has 2 N–H and O–H groups in total. The molecule has 1 heterocycles. The van der Waals surface area contributed by atoms with Crippen LogP contribution in [-0.2, 0) is 9.47 Å². The van der Waals surface area contributed by atoms with E-state index in [0.29, 0.717) is 19.2 Å². The summed E-state index contributed by atoms with van der Waals surface area (Å²) in [5.74, 6) is 0. The highest BCUT2D eigenvalue weighted by atomic mass is 16.5. The van der Waals surface area contributed by atoms with Crippen molar-refractivity contribution >= 4 is 0 Å². The van der Waals surface area contributed by atoms with Crippen molar-refractivity contribution in [1.29, 1.82) is 0 Å².